The molecule has 0 aromatic heterocycles. The molecule has 3 nitrogen and oxygen atoms in total. The van der Waals surface area contributed by atoms with Gasteiger partial charge < -0.3 is 9.80 Å². The van der Waals surface area contributed by atoms with Crippen LogP contribution in [0.2, 0.25) is 0 Å². The van der Waals surface area contributed by atoms with Gasteiger partial charge in [0.05, 0.1) is 5.75 Å². The maximum absolute atomic E-state index is 12.5. The Labute approximate surface area is 155 Å². The number of carbonyl (C=O) groups excluding carboxylic acids is 1. The zero-order valence-electron chi connectivity index (χ0n) is 15.1. The lowest BCUT2D eigenvalue weighted by Crippen LogP contribution is -2.27. The molecule has 0 radical (unpaired) electrons. The SMILES string of the molecule is CCN(CC)C(=S)SCC(=O)/C=C1/N(C)c2ccccc2C1(C)C. The third kappa shape index (κ3) is 3.67. The Balaban J connectivity index is 2.11. The number of rotatable bonds is 5. The second kappa shape index (κ2) is 7.70. The average molecular weight is 363 g/mol. The summed E-state index contributed by atoms with van der Waals surface area (Å²) < 4.78 is 0.800. The van der Waals surface area contributed by atoms with Crippen LogP contribution < -0.4 is 4.90 Å². The molecule has 0 aliphatic carbocycles. The van der Waals surface area contributed by atoms with E-state index in [0.717, 1.165) is 23.1 Å². The molecule has 0 spiro atoms. The fourth-order valence-electron chi connectivity index (χ4n) is 3.16. The molecule has 0 amide bonds. The van der Waals surface area contributed by atoms with E-state index in [1.807, 2.05) is 13.1 Å². The maximum atomic E-state index is 12.5. The molecule has 1 aliphatic heterocycles. The lowest BCUT2D eigenvalue weighted by atomic mass is 9.83. The summed E-state index contributed by atoms with van der Waals surface area (Å²) in [5.74, 6) is 0.497. The van der Waals surface area contributed by atoms with Crippen molar-refractivity contribution in [3.05, 3.63) is 41.6 Å². The number of fused-ring (bicyclic) bond motifs is 1. The molecule has 130 valence electrons. The Hall–Kier alpha value is -1.33. The predicted molar refractivity (Wildman–Crippen MR) is 109 cm³/mol. The van der Waals surface area contributed by atoms with Crippen molar-refractivity contribution in [2.75, 3.05) is 30.8 Å². The molecule has 0 saturated heterocycles. The van der Waals surface area contributed by atoms with E-state index in [0.29, 0.717) is 5.75 Å². The van der Waals surface area contributed by atoms with Gasteiger partial charge in [-0.3, -0.25) is 4.79 Å². The van der Waals surface area contributed by atoms with Gasteiger partial charge in [0, 0.05) is 43.0 Å². The summed E-state index contributed by atoms with van der Waals surface area (Å²) in [7, 11) is 2.03. The summed E-state index contributed by atoms with van der Waals surface area (Å²) >= 11 is 6.86. The van der Waals surface area contributed by atoms with Gasteiger partial charge in [-0.05, 0) is 25.5 Å². The number of allylic oxidation sites excluding steroid dienone is 2. The summed E-state index contributed by atoms with van der Waals surface area (Å²) in [5, 5.41) is 0. The monoisotopic (exact) mass is 362 g/mol. The number of carbonyl (C=O) groups is 1. The van der Waals surface area contributed by atoms with Gasteiger partial charge in [-0.15, -0.1) is 0 Å². The Bertz CT molecular complexity index is 663. The highest BCUT2D eigenvalue weighted by Gasteiger charge is 2.38. The van der Waals surface area contributed by atoms with E-state index in [2.05, 4.69) is 55.7 Å². The number of thiocarbonyl (C=S) groups is 1. The molecule has 1 heterocycles. The second-order valence-electron chi connectivity index (χ2n) is 6.42. The number of thioether (sulfide) groups is 1. The lowest BCUT2D eigenvalue weighted by Gasteiger charge is -2.24. The van der Waals surface area contributed by atoms with Crippen LogP contribution in [0, 0.1) is 0 Å². The van der Waals surface area contributed by atoms with Crippen molar-refractivity contribution in [1.29, 1.82) is 0 Å². The number of benzene rings is 1. The first kappa shape index (κ1) is 19.0. The van der Waals surface area contributed by atoms with Crippen LogP contribution in [0.1, 0.15) is 33.3 Å². The number of likely N-dealkylation sites (N-methyl/N-ethyl adjacent to an activating group) is 1. The van der Waals surface area contributed by atoms with Gasteiger partial charge in [-0.2, -0.15) is 0 Å². The summed E-state index contributed by atoms with van der Waals surface area (Å²) in [6, 6.07) is 8.33. The highest BCUT2D eigenvalue weighted by molar-refractivity contribution is 8.23. The van der Waals surface area contributed by atoms with Crippen LogP contribution in [0.25, 0.3) is 0 Å². The van der Waals surface area contributed by atoms with Crippen LogP contribution in [0.4, 0.5) is 5.69 Å². The first-order chi connectivity index (χ1) is 11.3. The minimum Gasteiger partial charge on any atom is -0.358 e. The quantitative estimate of drug-likeness (QED) is 0.576. The zero-order valence-corrected chi connectivity index (χ0v) is 16.8. The number of hydrogen-bond acceptors (Lipinski definition) is 4. The molecule has 1 aromatic carbocycles. The van der Waals surface area contributed by atoms with Crippen molar-refractivity contribution in [1.82, 2.24) is 4.90 Å². The lowest BCUT2D eigenvalue weighted by molar-refractivity contribution is -0.112. The third-order valence-corrected chi connectivity index (χ3v) is 6.14. The second-order valence-corrected chi connectivity index (χ2v) is 8.03. The van der Waals surface area contributed by atoms with Crippen LogP contribution in [-0.2, 0) is 10.2 Å². The third-order valence-electron chi connectivity index (χ3n) is 4.60. The largest absolute Gasteiger partial charge is 0.358 e. The Morgan fingerprint density at radius 3 is 2.50 bits per heavy atom. The minimum absolute atomic E-state index is 0.109. The summed E-state index contributed by atoms with van der Waals surface area (Å²) in [6.45, 7) is 10.2. The van der Waals surface area contributed by atoms with Crippen LogP contribution in [-0.4, -0.2) is 40.9 Å². The van der Waals surface area contributed by atoms with Gasteiger partial charge in [-0.1, -0.05) is 56.0 Å². The smallest absolute Gasteiger partial charge is 0.167 e. The summed E-state index contributed by atoms with van der Waals surface area (Å²) in [5.41, 5.74) is 3.32. The highest BCUT2D eigenvalue weighted by atomic mass is 32.2. The average Bonchev–Trinajstić information content (AvgIpc) is 2.75. The predicted octanol–water partition coefficient (Wildman–Crippen LogP) is 4.23. The fourth-order valence-corrected chi connectivity index (χ4v) is 4.38. The van der Waals surface area contributed by atoms with E-state index >= 15 is 0 Å². The summed E-state index contributed by atoms with van der Waals surface area (Å²) in [4.78, 5) is 16.7. The maximum Gasteiger partial charge on any atom is 0.167 e. The molecular weight excluding hydrogens is 336 g/mol. The van der Waals surface area contributed by atoms with Crippen LogP contribution in [0.15, 0.2) is 36.0 Å². The number of nitrogens with zero attached hydrogens (tertiary/aromatic N) is 2. The Kier molecular flexibility index (Phi) is 6.10. The van der Waals surface area contributed by atoms with E-state index in [-0.39, 0.29) is 11.2 Å². The number of hydrogen-bond donors (Lipinski definition) is 0. The van der Waals surface area contributed by atoms with Crippen LogP contribution >= 0.6 is 24.0 Å². The molecule has 0 bridgehead atoms. The molecule has 2 rings (SSSR count). The number of anilines is 1. The van der Waals surface area contributed by atoms with E-state index < -0.39 is 0 Å². The number of ketones is 1. The molecule has 0 N–H and O–H groups in total. The first-order valence-electron chi connectivity index (χ1n) is 8.32. The molecule has 0 fully saturated rings. The van der Waals surface area contributed by atoms with Gasteiger partial charge in [0.1, 0.15) is 4.32 Å². The van der Waals surface area contributed by atoms with E-state index in [1.165, 1.54) is 23.0 Å². The van der Waals surface area contributed by atoms with Gasteiger partial charge >= 0.3 is 0 Å². The van der Waals surface area contributed by atoms with Crippen molar-refractivity contribution in [2.24, 2.45) is 0 Å². The van der Waals surface area contributed by atoms with Crippen molar-refractivity contribution in [3.8, 4) is 0 Å². The molecule has 1 aliphatic rings. The van der Waals surface area contributed by atoms with Crippen LogP contribution in [0.5, 0.6) is 0 Å². The topological polar surface area (TPSA) is 23.6 Å². The van der Waals surface area contributed by atoms with Gasteiger partial charge in [0.15, 0.2) is 5.78 Å². The molecule has 0 saturated carbocycles. The molecule has 5 heteroatoms. The van der Waals surface area contributed by atoms with Crippen LogP contribution in [0.3, 0.4) is 0 Å². The Morgan fingerprint density at radius 1 is 1.29 bits per heavy atom. The normalized spacial score (nSPS) is 17.0. The van der Waals surface area contributed by atoms with Gasteiger partial charge in [-0.25, -0.2) is 0 Å². The van der Waals surface area contributed by atoms with Crippen molar-refractivity contribution < 1.29 is 4.79 Å². The standard InChI is InChI=1S/C19H26N2OS2/c1-6-21(7-2)18(23)24-13-14(22)12-17-19(3,4)15-10-8-9-11-16(15)20(17)5/h8-12H,6-7,13H2,1-5H3/b17-12+. The van der Waals surface area contributed by atoms with E-state index in [9.17, 15) is 4.79 Å². The fraction of sp³-hybridized carbons (Fsp3) is 0.474. The van der Waals surface area contributed by atoms with Crippen molar-refractivity contribution >= 4 is 39.8 Å². The summed E-state index contributed by atoms with van der Waals surface area (Å²) in [6.07, 6.45) is 1.79. The Morgan fingerprint density at radius 2 is 1.92 bits per heavy atom. The molecule has 24 heavy (non-hydrogen) atoms. The van der Waals surface area contributed by atoms with Crippen molar-refractivity contribution in [2.45, 2.75) is 33.1 Å². The van der Waals surface area contributed by atoms with Gasteiger partial charge in [0.2, 0.25) is 0 Å². The molecule has 0 atom stereocenters. The zero-order chi connectivity index (χ0) is 17.9. The molecule has 0 unspecified atom stereocenters. The van der Waals surface area contributed by atoms with E-state index in [4.69, 9.17) is 12.2 Å². The highest BCUT2D eigenvalue weighted by Crippen LogP contribution is 2.46. The first-order valence-corrected chi connectivity index (χ1v) is 9.72. The number of para-hydroxylation sites is 1. The van der Waals surface area contributed by atoms with Crippen molar-refractivity contribution in [3.63, 3.8) is 0 Å². The van der Waals surface area contributed by atoms with E-state index in [1.54, 1.807) is 6.08 Å². The molecular formula is C19H26N2OS2. The molecule has 1 aromatic rings. The van der Waals surface area contributed by atoms with Gasteiger partial charge in [0.25, 0.3) is 0 Å². The minimum atomic E-state index is -0.162.